The summed E-state index contributed by atoms with van der Waals surface area (Å²) in [7, 11) is 0. The fourth-order valence-electron chi connectivity index (χ4n) is 3.10. The number of carbonyl (C=O) groups is 1. The normalized spacial score (nSPS) is 12.2. The van der Waals surface area contributed by atoms with Crippen molar-refractivity contribution < 1.29 is 32.2 Å². The lowest BCUT2D eigenvalue weighted by Crippen LogP contribution is -2.26. The van der Waals surface area contributed by atoms with E-state index in [2.05, 4.69) is 0 Å². The number of aliphatic hydroxyl groups is 1. The Hall–Kier alpha value is -3.20. The van der Waals surface area contributed by atoms with Gasteiger partial charge in [0, 0.05) is 6.20 Å². The Morgan fingerprint density at radius 1 is 1.07 bits per heavy atom. The van der Waals surface area contributed by atoms with Gasteiger partial charge >= 0.3 is 5.97 Å². The van der Waals surface area contributed by atoms with Crippen LogP contribution in [0, 0.1) is 23.3 Å². The highest BCUT2D eigenvalue weighted by Crippen LogP contribution is 2.29. The van der Waals surface area contributed by atoms with Gasteiger partial charge in [0.2, 0.25) is 5.43 Å². The second kappa shape index (κ2) is 8.04. The van der Waals surface area contributed by atoms with E-state index < -0.39 is 63.8 Å². The number of rotatable bonds is 5. The Morgan fingerprint density at radius 2 is 1.69 bits per heavy atom. The average Bonchev–Trinajstić information content (AvgIpc) is 2.72. The zero-order valence-corrected chi connectivity index (χ0v) is 15.1. The zero-order chi connectivity index (χ0) is 21.3. The fourth-order valence-corrected chi connectivity index (χ4v) is 3.10. The molecular formula is C20H15F4NO4. The van der Waals surface area contributed by atoms with Crippen molar-refractivity contribution in [3.8, 4) is 0 Å². The number of hydrogen-bond acceptors (Lipinski definition) is 4. The molecule has 0 aliphatic rings. The quantitative estimate of drug-likeness (QED) is 0.304. The first-order valence-corrected chi connectivity index (χ1v) is 8.57. The highest BCUT2D eigenvalue weighted by molar-refractivity contribution is 5.94. The smallest absolute Gasteiger partial charge is 0.343 e. The molecule has 0 amide bonds. The van der Waals surface area contributed by atoms with Gasteiger partial charge < -0.3 is 14.4 Å². The van der Waals surface area contributed by atoms with Gasteiger partial charge in [0.05, 0.1) is 30.2 Å². The molecule has 0 fully saturated rings. The first-order chi connectivity index (χ1) is 13.8. The monoisotopic (exact) mass is 409 g/mol. The molecule has 29 heavy (non-hydrogen) atoms. The molecule has 3 rings (SSSR count). The number of fused-ring (bicyclic) bond motifs is 1. The van der Waals surface area contributed by atoms with Crippen molar-refractivity contribution in [3.05, 3.63) is 81.1 Å². The van der Waals surface area contributed by atoms with E-state index in [4.69, 9.17) is 4.74 Å². The van der Waals surface area contributed by atoms with Crippen LogP contribution in [0.2, 0.25) is 0 Å². The zero-order valence-electron chi connectivity index (χ0n) is 15.1. The maximum Gasteiger partial charge on any atom is 0.343 e. The number of pyridine rings is 1. The molecule has 9 heteroatoms. The average molecular weight is 409 g/mol. The number of carbonyl (C=O) groups excluding carboxylic acids is 1. The second-order valence-corrected chi connectivity index (χ2v) is 6.09. The predicted molar refractivity (Wildman–Crippen MR) is 95.7 cm³/mol. The van der Waals surface area contributed by atoms with Crippen LogP contribution >= 0.6 is 0 Å². The minimum Gasteiger partial charge on any atom is -0.462 e. The van der Waals surface area contributed by atoms with Gasteiger partial charge in [-0.3, -0.25) is 4.79 Å². The molecule has 1 aromatic heterocycles. The molecule has 0 unspecified atom stereocenters. The summed E-state index contributed by atoms with van der Waals surface area (Å²) in [6.07, 6.45) is 0.844. The number of hydrogen-bond donors (Lipinski definition) is 1. The summed E-state index contributed by atoms with van der Waals surface area (Å²) in [5.74, 6) is -9.20. The van der Waals surface area contributed by atoms with Crippen LogP contribution in [0.25, 0.3) is 10.9 Å². The Morgan fingerprint density at radius 3 is 2.28 bits per heavy atom. The summed E-state index contributed by atoms with van der Waals surface area (Å²) in [5.41, 5.74) is -2.59. The summed E-state index contributed by atoms with van der Waals surface area (Å²) >= 11 is 0. The van der Waals surface area contributed by atoms with E-state index in [9.17, 15) is 32.3 Å². The molecule has 1 heterocycles. The Balaban J connectivity index is 2.49. The van der Waals surface area contributed by atoms with E-state index in [-0.39, 0.29) is 6.61 Å². The molecular weight excluding hydrogens is 394 g/mol. The van der Waals surface area contributed by atoms with Crippen molar-refractivity contribution in [2.45, 2.75) is 13.0 Å². The Labute approximate surface area is 161 Å². The van der Waals surface area contributed by atoms with Crippen molar-refractivity contribution in [1.82, 2.24) is 4.57 Å². The van der Waals surface area contributed by atoms with Crippen molar-refractivity contribution in [3.63, 3.8) is 0 Å². The predicted octanol–water partition coefficient (Wildman–Crippen LogP) is 3.32. The van der Waals surface area contributed by atoms with Gasteiger partial charge in [0.15, 0.2) is 23.3 Å². The Bertz CT molecular complexity index is 1150. The van der Waals surface area contributed by atoms with E-state index in [1.165, 1.54) is 6.92 Å². The third kappa shape index (κ3) is 3.38. The summed E-state index contributed by atoms with van der Waals surface area (Å²) in [4.78, 5) is 24.8. The van der Waals surface area contributed by atoms with E-state index >= 15 is 0 Å². The molecule has 0 aliphatic heterocycles. The Kier molecular flexibility index (Phi) is 5.69. The number of ether oxygens (including phenoxy) is 1. The van der Waals surface area contributed by atoms with E-state index in [1.54, 1.807) is 30.3 Å². The molecule has 0 spiro atoms. The van der Waals surface area contributed by atoms with Gasteiger partial charge in [-0.05, 0) is 12.5 Å². The van der Waals surface area contributed by atoms with E-state index in [1.807, 2.05) is 0 Å². The lowest BCUT2D eigenvalue weighted by atomic mass is 10.0. The van der Waals surface area contributed by atoms with Gasteiger partial charge in [-0.2, -0.15) is 0 Å². The van der Waals surface area contributed by atoms with E-state index in [0.717, 1.165) is 10.8 Å². The fraction of sp³-hybridized carbons (Fsp3) is 0.200. The lowest BCUT2D eigenvalue weighted by molar-refractivity contribution is 0.0523. The van der Waals surface area contributed by atoms with Crippen LogP contribution in [-0.4, -0.2) is 28.9 Å². The molecule has 0 saturated carbocycles. The van der Waals surface area contributed by atoms with Crippen molar-refractivity contribution >= 4 is 16.9 Å². The second-order valence-electron chi connectivity index (χ2n) is 6.09. The molecule has 0 bridgehead atoms. The van der Waals surface area contributed by atoms with Crippen molar-refractivity contribution in [2.75, 3.05) is 13.2 Å². The third-order valence-electron chi connectivity index (χ3n) is 4.43. The maximum absolute atomic E-state index is 14.6. The van der Waals surface area contributed by atoms with Gasteiger partial charge in [0.1, 0.15) is 5.56 Å². The number of aromatic nitrogens is 1. The summed E-state index contributed by atoms with van der Waals surface area (Å²) in [6, 6.07) is 6.83. The van der Waals surface area contributed by atoms with Crippen LogP contribution in [0.5, 0.6) is 0 Å². The molecule has 1 atom stereocenters. The number of benzene rings is 2. The highest BCUT2D eigenvalue weighted by atomic mass is 19.2. The number of nitrogens with zero attached hydrogens (tertiary/aromatic N) is 1. The van der Waals surface area contributed by atoms with Gasteiger partial charge in [-0.15, -0.1) is 0 Å². The highest BCUT2D eigenvalue weighted by Gasteiger charge is 2.29. The molecule has 5 nitrogen and oxygen atoms in total. The SMILES string of the molecule is CCOC(=O)c1cn([C@@H](CO)c2ccccc2)c2c(F)c(F)c(F)c(F)c2c1=O. The van der Waals surface area contributed by atoms with Crippen LogP contribution in [0.1, 0.15) is 28.9 Å². The first kappa shape index (κ1) is 20.5. The van der Waals surface area contributed by atoms with E-state index in [0.29, 0.717) is 5.56 Å². The molecule has 0 radical (unpaired) electrons. The minimum atomic E-state index is -2.18. The van der Waals surface area contributed by atoms with Crippen molar-refractivity contribution in [1.29, 1.82) is 0 Å². The summed E-state index contributed by atoms with van der Waals surface area (Å²) in [6.45, 7) is 0.671. The molecule has 1 N–H and O–H groups in total. The standard InChI is InChI=1S/C20H15F4NO4/c1-2-29-20(28)11-8-25(12(9-26)10-6-4-3-5-7-10)18-13(19(11)27)14(21)15(22)16(23)17(18)24/h3-8,12,26H,2,9H2,1H3/t12-/m0/s1. The largest absolute Gasteiger partial charge is 0.462 e. The van der Waals surface area contributed by atoms with Crippen LogP contribution in [-0.2, 0) is 4.74 Å². The van der Waals surface area contributed by atoms with Gasteiger partial charge in [-0.25, -0.2) is 22.4 Å². The summed E-state index contributed by atoms with van der Waals surface area (Å²) < 4.78 is 62.4. The first-order valence-electron chi connectivity index (χ1n) is 8.57. The van der Waals surface area contributed by atoms with Crippen LogP contribution in [0.15, 0.2) is 41.3 Å². The molecule has 0 aliphatic carbocycles. The number of halogens is 4. The van der Waals surface area contributed by atoms with Crippen LogP contribution in [0.4, 0.5) is 17.6 Å². The topological polar surface area (TPSA) is 68.5 Å². The summed E-state index contributed by atoms with van der Waals surface area (Å²) in [5, 5.41) is 8.73. The van der Waals surface area contributed by atoms with Gasteiger partial charge in [-0.1, -0.05) is 30.3 Å². The van der Waals surface area contributed by atoms with Gasteiger partial charge in [0.25, 0.3) is 0 Å². The molecule has 152 valence electrons. The van der Waals surface area contributed by atoms with Crippen LogP contribution in [0.3, 0.4) is 0 Å². The third-order valence-corrected chi connectivity index (χ3v) is 4.43. The van der Waals surface area contributed by atoms with Crippen molar-refractivity contribution in [2.24, 2.45) is 0 Å². The molecule has 0 saturated heterocycles. The lowest BCUT2D eigenvalue weighted by Gasteiger charge is -2.23. The minimum absolute atomic E-state index is 0.118. The maximum atomic E-state index is 14.6. The molecule has 2 aromatic carbocycles. The number of aliphatic hydroxyl groups excluding tert-OH is 1. The molecule has 3 aromatic rings. The van der Waals surface area contributed by atoms with Crippen LogP contribution < -0.4 is 5.43 Å². The number of esters is 1.